The zero-order valence-electron chi connectivity index (χ0n) is 15.1. The summed E-state index contributed by atoms with van der Waals surface area (Å²) in [6, 6.07) is 3.18. The molecule has 1 aliphatic rings. The number of esters is 1. The number of fused-ring (bicyclic) bond motifs is 4. The number of rotatable bonds is 3. The van der Waals surface area contributed by atoms with Crippen LogP contribution in [0, 0.1) is 0 Å². The second kappa shape index (κ2) is 6.76. The lowest BCUT2D eigenvalue weighted by molar-refractivity contribution is 0.0594. The first-order chi connectivity index (χ1) is 13.3. The molecule has 28 heavy (non-hydrogen) atoms. The van der Waals surface area contributed by atoms with Gasteiger partial charge in [-0.05, 0) is 26.0 Å². The fraction of sp³-hybridized carbons (Fsp3) is 0.263. The summed E-state index contributed by atoms with van der Waals surface area (Å²) in [6.45, 7) is 3.48. The van der Waals surface area contributed by atoms with E-state index in [2.05, 4.69) is 0 Å². The quantitative estimate of drug-likeness (QED) is 0.450. The molecule has 7 nitrogen and oxygen atoms in total. The molecular weight excluding hydrogens is 411 g/mol. The molecule has 0 saturated carbocycles. The normalized spacial score (nSPS) is 12.8. The van der Waals surface area contributed by atoms with Gasteiger partial charge in [0.05, 0.1) is 23.6 Å². The van der Waals surface area contributed by atoms with Gasteiger partial charge in [0, 0.05) is 0 Å². The summed E-state index contributed by atoms with van der Waals surface area (Å²) in [6.07, 6.45) is -0.345. The molecule has 0 atom stereocenters. The maximum atomic E-state index is 13.3. The molecule has 0 radical (unpaired) electrons. The summed E-state index contributed by atoms with van der Waals surface area (Å²) in [5.74, 6) is -0.120. The van der Waals surface area contributed by atoms with E-state index in [9.17, 15) is 9.59 Å². The molecule has 1 aliphatic heterocycles. The molecule has 3 aromatic rings. The number of hydrogen-bond donors (Lipinski definition) is 0. The Morgan fingerprint density at radius 3 is 2.57 bits per heavy atom. The third kappa shape index (κ3) is 2.65. The monoisotopic (exact) mass is 424 g/mol. The van der Waals surface area contributed by atoms with Crippen LogP contribution in [0.4, 0.5) is 0 Å². The van der Waals surface area contributed by atoms with E-state index in [-0.39, 0.29) is 61.9 Å². The average molecular weight is 425 g/mol. The largest absolute Gasteiger partial charge is 0.488 e. The molecule has 1 aromatic heterocycles. The number of ether oxygens (including phenoxy) is 4. The van der Waals surface area contributed by atoms with Gasteiger partial charge in [0.2, 0.25) is 12.2 Å². The number of halogens is 2. The van der Waals surface area contributed by atoms with E-state index in [1.54, 1.807) is 26.0 Å². The first kappa shape index (κ1) is 18.7. The van der Waals surface area contributed by atoms with E-state index in [0.29, 0.717) is 5.75 Å². The second-order valence-electron chi connectivity index (χ2n) is 6.30. The van der Waals surface area contributed by atoms with Crippen molar-refractivity contribution in [3.8, 4) is 17.2 Å². The summed E-state index contributed by atoms with van der Waals surface area (Å²) >= 11 is 12.9. The fourth-order valence-corrected chi connectivity index (χ4v) is 3.67. The Balaban J connectivity index is 2.19. The maximum Gasteiger partial charge on any atom is 0.343 e. The molecule has 0 spiro atoms. The zero-order chi connectivity index (χ0) is 20.2. The van der Waals surface area contributed by atoms with E-state index in [4.69, 9.17) is 46.6 Å². The Bertz CT molecular complexity index is 1200. The number of benzene rings is 2. The smallest absolute Gasteiger partial charge is 0.343 e. The Morgan fingerprint density at radius 1 is 1.14 bits per heavy atom. The molecule has 0 saturated heterocycles. The van der Waals surface area contributed by atoms with Crippen molar-refractivity contribution in [1.82, 2.24) is 0 Å². The molecule has 0 amide bonds. The van der Waals surface area contributed by atoms with Crippen molar-refractivity contribution in [2.75, 3.05) is 13.9 Å². The van der Waals surface area contributed by atoms with E-state index in [0.717, 1.165) is 0 Å². The van der Waals surface area contributed by atoms with Crippen molar-refractivity contribution in [1.29, 1.82) is 0 Å². The minimum absolute atomic E-state index is 0.0105. The first-order valence-electron chi connectivity index (χ1n) is 8.30. The molecule has 0 bridgehead atoms. The molecule has 2 aromatic carbocycles. The van der Waals surface area contributed by atoms with Crippen molar-refractivity contribution < 1.29 is 28.2 Å². The van der Waals surface area contributed by atoms with E-state index >= 15 is 0 Å². The molecular formula is C19H14Cl2O7. The van der Waals surface area contributed by atoms with Gasteiger partial charge in [-0.25, -0.2) is 4.79 Å². The van der Waals surface area contributed by atoms with Crippen molar-refractivity contribution in [2.45, 2.75) is 20.0 Å². The highest BCUT2D eigenvalue weighted by Crippen LogP contribution is 2.45. The van der Waals surface area contributed by atoms with Gasteiger partial charge in [0.25, 0.3) is 0 Å². The van der Waals surface area contributed by atoms with Gasteiger partial charge in [-0.2, -0.15) is 0 Å². The Morgan fingerprint density at radius 2 is 1.89 bits per heavy atom. The highest BCUT2D eigenvalue weighted by molar-refractivity contribution is 6.43. The van der Waals surface area contributed by atoms with Crippen LogP contribution in [-0.2, 0) is 4.74 Å². The molecule has 2 heterocycles. The highest BCUT2D eigenvalue weighted by atomic mass is 35.5. The number of carbonyl (C=O) groups is 1. The Labute approximate surface area is 168 Å². The predicted octanol–water partition coefficient (Wildman–Crippen LogP) is 4.56. The molecule has 4 rings (SSSR count). The summed E-state index contributed by atoms with van der Waals surface area (Å²) < 4.78 is 27.1. The van der Waals surface area contributed by atoms with Crippen LogP contribution in [0.2, 0.25) is 10.0 Å². The third-order valence-corrected chi connectivity index (χ3v) is 4.92. The van der Waals surface area contributed by atoms with Crippen molar-refractivity contribution in [3.05, 3.63) is 38.0 Å². The van der Waals surface area contributed by atoms with Crippen LogP contribution in [-0.4, -0.2) is 26.0 Å². The molecule has 0 aliphatic carbocycles. The highest BCUT2D eigenvalue weighted by Gasteiger charge is 2.30. The van der Waals surface area contributed by atoms with Crippen LogP contribution >= 0.6 is 23.2 Å². The van der Waals surface area contributed by atoms with Crippen LogP contribution in [0.1, 0.15) is 24.2 Å². The van der Waals surface area contributed by atoms with Crippen LogP contribution < -0.4 is 19.6 Å². The molecule has 0 unspecified atom stereocenters. The lowest BCUT2D eigenvalue weighted by atomic mass is 10.1. The standard InChI is InChI=1S/C19H14Cl2O7/c1-7(2)27-18-12(19(23)24-3)14(21)17-11(13(18)20)15(22)10-8(28-17)4-5-9-16(10)26-6-25-9/h4-5,7H,6H2,1-3H3. The van der Waals surface area contributed by atoms with Gasteiger partial charge in [0.15, 0.2) is 22.8 Å². The van der Waals surface area contributed by atoms with Gasteiger partial charge in [-0.3, -0.25) is 4.79 Å². The first-order valence-corrected chi connectivity index (χ1v) is 9.05. The number of hydrogen-bond acceptors (Lipinski definition) is 7. The van der Waals surface area contributed by atoms with E-state index in [1.807, 2.05) is 0 Å². The van der Waals surface area contributed by atoms with Crippen LogP contribution in [0.5, 0.6) is 17.2 Å². The third-order valence-electron chi connectivity index (χ3n) is 4.20. The van der Waals surface area contributed by atoms with Crippen LogP contribution in [0.3, 0.4) is 0 Å². The second-order valence-corrected chi connectivity index (χ2v) is 7.05. The van der Waals surface area contributed by atoms with Gasteiger partial charge < -0.3 is 23.4 Å². The SMILES string of the molecule is COC(=O)c1c(OC(C)C)c(Cl)c2c(=O)c3c4c(ccc3oc2c1Cl)OCO4. The molecule has 146 valence electrons. The van der Waals surface area contributed by atoms with E-state index in [1.165, 1.54) is 7.11 Å². The maximum absolute atomic E-state index is 13.3. The van der Waals surface area contributed by atoms with Gasteiger partial charge in [-0.1, -0.05) is 23.2 Å². The van der Waals surface area contributed by atoms with Gasteiger partial charge in [0.1, 0.15) is 21.6 Å². The van der Waals surface area contributed by atoms with E-state index < -0.39 is 11.4 Å². The van der Waals surface area contributed by atoms with Crippen LogP contribution in [0.25, 0.3) is 21.9 Å². The number of carbonyl (C=O) groups excluding carboxylic acids is 1. The lowest BCUT2D eigenvalue weighted by Crippen LogP contribution is -2.14. The number of methoxy groups -OCH3 is 1. The summed E-state index contributed by atoms with van der Waals surface area (Å²) in [5, 5.41) is -0.0765. The summed E-state index contributed by atoms with van der Waals surface area (Å²) in [7, 11) is 1.20. The Kier molecular flexibility index (Phi) is 4.51. The average Bonchev–Trinajstić information content (AvgIpc) is 3.13. The van der Waals surface area contributed by atoms with Crippen molar-refractivity contribution >= 4 is 51.1 Å². The summed E-state index contributed by atoms with van der Waals surface area (Å²) in [5.41, 5.74) is -0.415. The summed E-state index contributed by atoms with van der Waals surface area (Å²) in [4.78, 5) is 25.6. The minimum Gasteiger partial charge on any atom is -0.488 e. The van der Waals surface area contributed by atoms with Crippen molar-refractivity contribution in [3.63, 3.8) is 0 Å². The molecule has 0 fully saturated rings. The van der Waals surface area contributed by atoms with Gasteiger partial charge >= 0.3 is 5.97 Å². The molecule has 9 heteroatoms. The fourth-order valence-electron chi connectivity index (χ4n) is 3.06. The topological polar surface area (TPSA) is 84.2 Å². The van der Waals surface area contributed by atoms with Crippen LogP contribution in [0.15, 0.2) is 21.3 Å². The molecule has 0 N–H and O–H groups in total. The minimum atomic E-state index is -0.766. The zero-order valence-corrected chi connectivity index (χ0v) is 16.6. The van der Waals surface area contributed by atoms with Crippen molar-refractivity contribution in [2.24, 2.45) is 0 Å². The lowest BCUT2D eigenvalue weighted by Gasteiger charge is -2.17. The predicted molar refractivity (Wildman–Crippen MR) is 103 cm³/mol. The Hall–Kier alpha value is -2.64. The van der Waals surface area contributed by atoms with Gasteiger partial charge in [-0.15, -0.1) is 0 Å².